The average molecular weight is 300 g/mol. The van der Waals surface area contributed by atoms with E-state index in [1.165, 1.54) is 17.0 Å². The standard InChI is InChI=1S/C12H11BrFNS/c1-8(12-11(13)5-6-16-12)15-10-4-2-3-9(14)7-10/h2-8,15H,1H3. The van der Waals surface area contributed by atoms with E-state index in [2.05, 4.69) is 28.2 Å². The minimum Gasteiger partial charge on any atom is -0.378 e. The van der Waals surface area contributed by atoms with E-state index in [-0.39, 0.29) is 11.9 Å². The van der Waals surface area contributed by atoms with Crippen LogP contribution in [-0.4, -0.2) is 0 Å². The van der Waals surface area contributed by atoms with Crippen LogP contribution in [0.1, 0.15) is 17.8 Å². The van der Waals surface area contributed by atoms with Crippen LogP contribution in [0.2, 0.25) is 0 Å². The van der Waals surface area contributed by atoms with Gasteiger partial charge in [-0.05, 0) is 52.5 Å². The van der Waals surface area contributed by atoms with Crippen molar-refractivity contribution in [3.63, 3.8) is 0 Å². The fraction of sp³-hybridized carbons (Fsp3) is 0.167. The molecule has 2 rings (SSSR count). The molecule has 0 bridgehead atoms. The molecule has 1 N–H and O–H groups in total. The Morgan fingerprint density at radius 2 is 2.19 bits per heavy atom. The summed E-state index contributed by atoms with van der Waals surface area (Å²) >= 11 is 5.17. The Morgan fingerprint density at radius 1 is 1.38 bits per heavy atom. The highest BCUT2D eigenvalue weighted by atomic mass is 79.9. The molecular weight excluding hydrogens is 289 g/mol. The highest BCUT2D eigenvalue weighted by Crippen LogP contribution is 2.30. The van der Waals surface area contributed by atoms with Crippen LogP contribution >= 0.6 is 27.3 Å². The average Bonchev–Trinajstić information content (AvgIpc) is 2.64. The van der Waals surface area contributed by atoms with Crippen molar-refractivity contribution in [3.8, 4) is 0 Å². The van der Waals surface area contributed by atoms with Crippen molar-refractivity contribution in [3.05, 3.63) is 50.9 Å². The van der Waals surface area contributed by atoms with Gasteiger partial charge in [-0.3, -0.25) is 0 Å². The van der Waals surface area contributed by atoms with Crippen LogP contribution in [0.5, 0.6) is 0 Å². The van der Waals surface area contributed by atoms with Gasteiger partial charge in [0.05, 0.1) is 6.04 Å². The Kier molecular flexibility index (Phi) is 3.61. The van der Waals surface area contributed by atoms with Gasteiger partial charge in [-0.1, -0.05) is 6.07 Å². The number of thiophene rings is 1. The van der Waals surface area contributed by atoms with E-state index in [0.717, 1.165) is 10.2 Å². The molecular formula is C12H11BrFNS. The van der Waals surface area contributed by atoms with Crippen LogP contribution < -0.4 is 5.32 Å². The minimum atomic E-state index is -0.220. The maximum atomic E-state index is 13.0. The van der Waals surface area contributed by atoms with Crippen LogP contribution in [0, 0.1) is 5.82 Å². The first kappa shape index (κ1) is 11.6. The van der Waals surface area contributed by atoms with E-state index in [4.69, 9.17) is 0 Å². The quantitative estimate of drug-likeness (QED) is 0.856. The van der Waals surface area contributed by atoms with Crippen LogP contribution in [0.15, 0.2) is 40.2 Å². The molecule has 1 nitrogen and oxygen atoms in total. The molecule has 0 aliphatic rings. The minimum absolute atomic E-state index is 0.163. The molecule has 0 spiro atoms. The number of nitrogens with one attached hydrogen (secondary N) is 1. The number of benzene rings is 1. The predicted molar refractivity (Wildman–Crippen MR) is 70.5 cm³/mol. The zero-order chi connectivity index (χ0) is 11.5. The topological polar surface area (TPSA) is 12.0 Å². The van der Waals surface area contributed by atoms with Gasteiger partial charge in [0.2, 0.25) is 0 Å². The van der Waals surface area contributed by atoms with Crippen molar-refractivity contribution in [2.45, 2.75) is 13.0 Å². The van der Waals surface area contributed by atoms with Crippen molar-refractivity contribution in [1.82, 2.24) is 0 Å². The second kappa shape index (κ2) is 4.97. The highest BCUT2D eigenvalue weighted by molar-refractivity contribution is 9.10. The van der Waals surface area contributed by atoms with Gasteiger partial charge < -0.3 is 5.32 Å². The molecule has 0 aliphatic carbocycles. The predicted octanol–water partition coefficient (Wildman–Crippen LogP) is 4.82. The molecule has 0 saturated carbocycles. The normalized spacial score (nSPS) is 12.4. The number of halogens is 2. The third-order valence-electron chi connectivity index (χ3n) is 2.25. The van der Waals surface area contributed by atoms with Gasteiger partial charge in [0, 0.05) is 15.0 Å². The smallest absolute Gasteiger partial charge is 0.125 e. The molecule has 0 amide bonds. The molecule has 84 valence electrons. The second-order valence-electron chi connectivity index (χ2n) is 3.51. The lowest BCUT2D eigenvalue weighted by Crippen LogP contribution is -2.05. The van der Waals surface area contributed by atoms with Crippen LogP contribution in [0.3, 0.4) is 0 Å². The Bertz CT molecular complexity index is 483. The summed E-state index contributed by atoms with van der Waals surface area (Å²) in [4.78, 5) is 1.21. The molecule has 4 heteroatoms. The highest BCUT2D eigenvalue weighted by Gasteiger charge is 2.10. The number of hydrogen-bond acceptors (Lipinski definition) is 2. The monoisotopic (exact) mass is 299 g/mol. The van der Waals surface area contributed by atoms with Crippen molar-refractivity contribution >= 4 is 33.0 Å². The maximum Gasteiger partial charge on any atom is 0.125 e. The van der Waals surface area contributed by atoms with Crippen molar-refractivity contribution in [1.29, 1.82) is 0 Å². The number of rotatable bonds is 3. The lowest BCUT2D eigenvalue weighted by atomic mass is 10.2. The van der Waals surface area contributed by atoms with Crippen molar-refractivity contribution < 1.29 is 4.39 Å². The largest absolute Gasteiger partial charge is 0.378 e. The van der Waals surface area contributed by atoms with Gasteiger partial charge in [0.15, 0.2) is 0 Å². The summed E-state index contributed by atoms with van der Waals surface area (Å²) < 4.78 is 14.1. The SMILES string of the molecule is CC(Nc1cccc(F)c1)c1sccc1Br. The zero-order valence-electron chi connectivity index (χ0n) is 8.71. The first-order valence-electron chi connectivity index (χ1n) is 4.92. The molecule has 0 fully saturated rings. The Morgan fingerprint density at radius 3 is 2.81 bits per heavy atom. The molecule has 2 aromatic rings. The van der Waals surface area contributed by atoms with Crippen LogP contribution in [0.4, 0.5) is 10.1 Å². The molecule has 0 saturated heterocycles. The lowest BCUT2D eigenvalue weighted by molar-refractivity contribution is 0.628. The Labute approximate surface area is 106 Å². The van der Waals surface area contributed by atoms with Gasteiger partial charge in [0.25, 0.3) is 0 Å². The second-order valence-corrected chi connectivity index (χ2v) is 5.31. The van der Waals surface area contributed by atoms with Crippen molar-refractivity contribution in [2.75, 3.05) is 5.32 Å². The Balaban J connectivity index is 2.14. The summed E-state index contributed by atoms with van der Waals surface area (Å²) in [6.45, 7) is 2.06. The molecule has 1 unspecified atom stereocenters. The third-order valence-corrected chi connectivity index (χ3v) is 4.30. The van der Waals surface area contributed by atoms with Crippen LogP contribution in [-0.2, 0) is 0 Å². The summed E-state index contributed by atoms with van der Waals surface area (Å²) in [6, 6.07) is 8.68. The first-order valence-corrected chi connectivity index (χ1v) is 6.59. The van der Waals surface area contributed by atoms with Gasteiger partial charge in [0.1, 0.15) is 5.82 Å². The maximum absolute atomic E-state index is 13.0. The van der Waals surface area contributed by atoms with E-state index in [0.29, 0.717) is 0 Å². The Hall–Kier alpha value is -0.870. The van der Waals surface area contributed by atoms with E-state index < -0.39 is 0 Å². The summed E-state index contributed by atoms with van der Waals surface area (Å²) in [5.74, 6) is -0.220. The van der Waals surface area contributed by atoms with Gasteiger partial charge in [-0.2, -0.15) is 0 Å². The summed E-state index contributed by atoms with van der Waals surface area (Å²) in [5, 5.41) is 5.30. The molecule has 0 radical (unpaired) electrons. The summed E-state index contributed by atoms with van der Waals surface area (Å²) in [6.07, 6.45) is 0. The molecule has 16 heavy (non-hydrogen) atoms. The van der Waals surface area contributed by atoms with E-state index >= 15 is 0 Å². The molecule has 1 atom stereocenters. The molecule has 1 heterocycles. The van der Waals surface area contributed by atoms with Gasteiger partial charge in [-0.15, -0.1) is 11.3 Å². The summed E-state index contributed by atoms with van der Waals surface area (Å²) in [5.41, 5.74) is 0.799. The molecule has 1 aromatic heterocycles. The van der Waals surface area contributed by atoms with Crippen molar-refractivity contribution in [2.24, 2.45) is 0 Å². The van der Waals surface area contributed by atoms with E-state index in [1.54, 1.807) is 17.4 Å². The zero-order valence-corrected chi connectivity index (χ0v) is 11.1. The molecule has 0 aliphatic heterocycles. The number of hydrogen-bond donors (Lipinski definition) is 1. The van der Waals surface area contributed by atoms with Crippen LogP contribution in [0.25, 0.3) is 0 Å². The van der Waals surface area contributed by atoms with E-state index in [1.807, 2.05) is 17.5 Å². The third kappa shape index (κ3) is 2.62. The number of anilines is 1. The van der Waals surface area contributed by atoms with E-state index in [9.17, 15) is 4.39 Å². The van der Waals surface area contributed by atoms with Gasteiger partial charge in [-0.25, -0.2) is 4.39 Å². The van der Waals surface area contributed by atoms with Gasteiger partial charge >= 0.3 is 0 Å². The lowest BCUT2D eigenvalue weighted by Gasteiger charge is -2.14. The fourth-order valence-electron chi connectivity index (χ4n) is 1.51. The summed E-state index contributed by atoms with van der Waals surface area (Å²) in [7, 11) is 0. The first-order chi connectivity index (χ1) is 7.66. The molecule has 1 aromatic carbocycles. The fourth-order valence-corrected chi connectivity index (χ4v) is 3.23.